The summed E-state index contributed by atoms with van der Waals surface area (Å²) >= 11 is 4.88. The first-order valence-electron chi connectivity index (χ1n) is 11.5. The van der Waals surface area contributed by atoms with Crippen LogP contribution >= 0.6 is 27.7 Å². The maximum atomic E-state index is 13.1. The summed E-state index contributed by atoms with van der Waals surface area (Å²) in [4.78, 5) is 31.8. The number of halogens is 1. The number of amides is 1. The molecule has 0 bridgehead atoms. The summed E-state index contributed by atoms with van der Waals surface area (Å²) in [6.07, 6.45) is 3.81. The zero-order chi connectivity index (χ0) is 25.4. The lowest BCUT2D eigenvalue weighted by Gasteiger charge is -2.14. The number of carbonyl (C=O) groups excluding carboxylic acids is 2. The summed E-state index contributed by atoms with van der Waals surface area (Å²) in [5.74, 6) is 0.725. The minimum Gasteiger partial charge on any atom is -0.490 e. The number of ether oxygens (including phenoxy) is 3. The number of esters is 1. The summed E-state index contributed by atoms with van der Waals surface area (Å²) in [7, 11) is 1.33. The van der Waals surface area contributed by atoms with Crippen molar-refractivity contribution in [1.82, 2.24) is 4.90 Å². The van der Waals surface area contributed by atoms with E-state index in [0.29, 0.717) is 52.6 Å². The first kappa shape index (κ1) is 26.8. The summed E-state index contributed by atoms with van der Waals surface area (Å²) < 4.78 is 17.3. The average Bonchev–Trinajstić information content (AvgIpc) is 3.14. The number of hydrogen-bond acceptors (Lipinski definition) is 7. The van der Waals surface area contributed by atoms with Crippen molar-refractivity contribution >= 4 is 56.5 Å². The van der Waals surface area contributed by atoms with E-state index in [1.54, 1.807) is 29.2 Å². The van der Waals surface area contributed by atoms with Crippen LogP contribution in [0, 0.1) is 0 Å². The molecular formula is C26H29BrN2O5S. The van der Waals surface area contributed by atoms with Gasteiger partial charge in [-0.15, -0.1) is 0 Å². The van der Waals surface area contributed by atoms with Crippen molar-refractivity contribution in [3.63, 3.8) is 0 Å². The number of amidine groups is 1. The van der Waals surface area contributed by atoms with Crippen molar-refractivity contribution in [1.29, 1.82) is 0 Å². The van der Waals surface area contributed by atoms with Gasteiger partial charge in [-0.1, -0.05) is 19.4 Å². The lowest BCUT2D eigenvalue weighted by atomic mass is 10.1. The van der Waals surface area contributed by atoms with Gasteiger partial charge in [0.15, 0.2) is 16.7 Å². The molecule has 9 heteroatoms. The molecule has 2 aromatic carbocycles. The van der Waals surface area contributed by atoms with Crippen LogP contribution in [0.3, 0.4) is 0 Å². The van der Waals surface area contributed by atoms with Crippen molar-refractivity contribution in [3.05, 3.63) is 56.9 Å². The lowest BCUT2D eigenvalue weighted by Crippen LogP contribution is -2.28. The highest BCUT2D eigenvalue weighted by atomic mass is 79.9. The Balaban J connectivity index is 1.92. The van der Waals surface area contributed by atoms with E-state index in [0.717, 1.165) is 22.9 Å². The quantitative estimate of drug-likeness (QED) is 0.189. The van der Waals surface area contributed by atoms with Crippen LogP contribution in [0.4, 0.5) is 5.69 Å². The standard InChI is InChI=1S/C26H29BrN2O5S/c1-5-8-12-34-23-20(27)13-17(14-21(23)33-7-3)15-22-24(30)29(6-2)26(35-22)28-19-11-9-10-18(16-19)25(31)32-4/h9-11,13-16H,5-8,12H2,1-4H3. The van der Waals surface area contributed by atoms with E-state index >= 15 is 0 Å². The Hall–Kier alpha value is -2.78. The number of aliphatic imine (C=N–C) groups is 1. The zero-order valence-electron chi connectivity index (χ0n) is 20.3. The second kappa shape index (κ2) is 12.8. The molecule has 1 aliphatic heterocycles. The van der Waals surface area contributed by atoms with Gasteiger partial charge in [-0.2, -0.15) is 0 Å². The van der Waals surface area contributed by atoms with Gasteiger partial charge < -0.3 is 14.2 Å². The van der Waals surface area contributed by atoms with Gasteiger partial charge in [0, 0.05) is 6.54 Å². The van der Waals surface area contributed by atoms with Crippen LogP contribution in [-0.2, 0) is 9.53 Å². The van der Waals surface area contributed by atoms with Gasteiger partial charge in [-0.05, 0) is 89.9 Å². The molecule has 2 aromatic rings. The molecule has 35 heavy (non-hydrogen) atoms. The number of methoxy groups -OCH3 is 1. The van der Waals surface area contributed by atoms with E-state index < -0.39 is 5.97 Å². The maximum absolute atomic E-state index is 13.1. The van der Waals surface area contributed by atoms with Crippen LogP contribution in [-0.4, -0.2) is 48.8 Å². The first-order chi connectivity index (χ1) is 16.9. The lowest BCUT2D eigenvalue weighted by molar-refractivity contribution is -0.122. The molecule has 0 saturated carbocycles. The van der Waals surface area contributed by atoms with Gasteiger partial charge in [-0.25, -0.2) is 9.79 Å². The van der Waals surface area contributed by atoms with Crippen LogP contribution in [0.15, 0.2) is 50.8 Å². The molecule has 1 saturated heterocycles. The van der Waals surface area contributed by atoms with E-state index in [1.165, 1.54) is 18.9 Å². The number of hydrogen-bond donors (Lipinski definition) is 0. The van der Waals surface area contributed by atoms with E-state index in [-0.39, 0.29) is 5.91 Å². The topological polar surface area (TPSA) is 77.4 Å². The summed E-state index contributed by atoms with van der Waals surface area (Å²) in [6, 6.07) is 10.6. The Kier molecular flexibility index (Phi) is 9.80. The molecule has 0 spiro atoms. The Bertz CT molecular complexity index is 1150. The summed E-state index contributed by atoms with van der Waals surface area (Å²) in [6.45, 7) is 7.50. The van der Waals surface area contributed by atoms with Crippen molar-refractivity contribution < 1.29 is 23.8 Å². The van der Waals surface area contributed by atoms with Crippen LogP contribution in [0.5, 0.6) is 11.5 Å². The molecule has 0 atom stereocenters. The van der Waals surface area contributed by atoms with Gasteiger partial charge in [0.05, 0.1) is 41.0 Å². The molecule has 0 radical (unpaired) electrons. The van der Waals surface area contributed by atoms with Gasteiger partial charge in [-0.3, -0.25) is 9.69 Å². The predicted molar refractivity (Wildman–Crippen MR) is 144 cm³/mol. The van der Waals surface area contributed by atoms with E-state index in [4.69, 9.17) is 14.2 Å². The molecule has 0 aromatic heterocycles. The number of nitrogens with zero attached hydrogens (tertiary/aromatic N) is 2. The number of benzene rings is 2. The van der Waals surface area contributed by atoms with Gasteiger partial charge in [0.2, 0.25) is 0 Å². The van der Waals surface area contributed by atoms with Crippen molar-refractivity contribution in [2.45, 2.75) is 33.6 Å². The molecule has 7 nitrogen and oxygen atoms in total. The number of likely N-dealkylation sites (N-methyl/N-ethyl adjacent to an activating group) is 1. The first-order valence-corrected chi connectivity index (χ1v) is 13.1. The van der Waals surface area contributed by atoms with E-state index in [1.807, 2.05) is 32.1 Å². The highest BCUT2D eigenvalue weighted by Gasteiger charge is 2.32. The number of rotatable bonds is 10. The molecule has 1 fully saturated rings. The largest absolute Gasteiger partial charge is 0.490 e. The summed E-state index contributed by atoms with van der Waals surface area (Å²) in [5.41, 5.74) is 1.78. The molecule has 1 amide bonds. The number of carbonyl (C=O) groups is 2. The SMILES string of the molecule is CCCCOc1c(Br)cc(C=C2SC(=Nc3cccc(C(=O)OC)c3)N(CC)C2=O)cc1OCC. The molecule has 186 valence electrons. The summed E-state index contributed by atoms with van der Waals surface area (Å²) in [5, 5.41) is 0.550. The van der Waals surface area contributed by atoms with Crippen LogP contribution < -0.4 is 9.47 Å². The fraction of sp³-hybridized carbons (Fsp3) is 0.346. The maximum Gasteiger partial charge on any atom is 0.337 e. The third kappa shape index (κ3) is 6.67. The molecule has 0 unspecified atom stereocenters. The van der Waals surface area contributed by atoms with Crippen molar-refractivity contribution in [2.75, 3.05) is 26.9 Å². The Labute approximate surface area is 218 Å². The smallest absolute Gasteiger partial charge is 0.337 e. The highest BCUT2D eigenvalue weighted by molar-refractivity contribution is 9.10. The van der Waals surface area contributed by atoms with E-state index in [9.17, 15) is 9.59 Å². The van der Waals surface area contributed by atoms with Crippen LogP contribution in [0.2, 0.25) is 0 Å². The van der Waals surface area contributed by atoms with Crippen molar-refractivity contribution in [3.8, 4) is 11.5 Å². The van der Waals surface area contributed by atoms with Gasteiger partial charge >= 0.3 is 5.97 Å². The number of unbranched alkanes of at least 4 members (excludes halogenated alkanes) is 1. The molecule has 0 N–H and O–H groups in total. The highest BCUT2D eigenvalue weighted by Crippen LogP contribution is 2.40. The average molecular weight is 561 g/mol. The number of thioether (sulfide) groups is 1. The van der Waals surface area contributed by atoms with Gasteiger partial charge in [0.1, 0.15) is 0 Å². The molecule has 0 aliphatic carbocycles. The molecule has 1 heterocycles. The second-order valence-corrected chi connectivity index (χ2v) is 9.42. The van der Waals surface area contributed by atoms with Crippen LogP contribution in [0.25, 0.3) is 6.08 Å². The minimum atomic E-state index is -0.437. The minimum absolute atomic E-state index is 0.127. The molecule has 3 rings (SSSR count). The fourth-order valence-corrected chi connectivity index (χ4v) is 4.98. The monoisotopic (exact) mass is 560 g/mol. The Morgan fingerprint density at radius 3 is 2.66 bits per heavy atom. The van der Waals surface area contributed by atoms with E-state index in [2.05, 4.69) is 27.8 Å². The normalized spacial score (nSPS) is 15.7. The molecular weight excluding hydrogens is 532 g/mol. The van der Waals surface area contributed by atoms with Gasteiger partial charge in [0.25, 0.3) is 5.91 Å². The predicted octanol–water partition coefficient (Wildman–Crippen LogP) is 6.44. The van der Waals surface area contributed by atoms with Crippen molar-refractivity contribution in [2.24, 2.45) is 4.99 Å². The zero-order valence-corrected chi connectivity index (χ0v) is 22.7. The third-order valence-corrected chi connectivity index (χ3v) is 6.67. The van der Waals surface area contributed by atoms with Crippen LogP contribution in [0.1, 0.15) is 49.5 Å². The second-order valence-electron chi connectivity index (χ2n) is 7.56. The Morgan fingerprint density at radius 2 is 1.97 bits per heavy atom. The third-order valence-electron chi connectivity index (χ3n) is 5.07. The fourth-order valence-electron chi connectivity index (χ4n) is 3.35. The Morgan fingerprint density at radius 1 is 1.17 bits per heavy atom. The molecule has 1 aliphatic rings.